The standard InChI is InChI=1S/C19H19NOS/c1-14(21)8-7-12-17-16-11-5-6-13-18(16)20-19(17)22-15-9-3-2-4-10-15/h2-6,9-11,13,20H,7-8,12H2,1H3. The number of fused-ring (bicyclic) bond motifs is 1. The van der Waals surface area contributed by atoms with Gasteiger partial charge in [0.2, 0.25) is 0 Å². The summed E-state index contributed by atoms with van der Waals surface area (Å²) < 4.78 is 0. The molecule has 1 N–H and O–H groups in total. The lowest BCUT2D eigenvalue weighted by atomic mass is 10.1. The van der Waals surface area contributed by atoms with Gasteiger partial charge in [0.05, 0.1) is 5.03 Å². The number of aromatic nitrogens is 1. The summed E-state index contributed by atoms with van der Waals surface area (Å²) in [6.45, 7) is 1.66. The molecule has 0 bridgehead atoms. The fourth-order valence-electron chi connectivity index (χ4n) is 2.63. The highest BCUT2D eigenvalue weighted by Gasteiger charge is 2.12. The molecule has 0 aliphatic heterocycles. The van der Waals surface area contributed by atoms with Gasteiger partial charge in [0, 0.05) is 22.2 Å². The predicted molar refractivity (Wildman–Crippen MR) is 92.5 cm³/mol. The number of nitrogens with one attached hydrogen (secondary N) is 1. The molecule has 3 heteroatoms. The fraction of sp³-hybridized carbons (Fsp3) is 0.211. The number of aryl methyl sites for hydroxylation is 1. The molecule has 22 heavy (non-hydrogen) atoms. The van der Waals surface area contributed by atoms with Crippen LogP contribution in [-0.2, 0) is 11.2 Å². The largest absolute Gasteiger partial charge is 0.349 e. The zero-order valence-electron chi connectivity index (χ0n) is 12.6. The number of rotatable bonds is 6. The van der Waals surface area contributed by atoms with Crippen LogP contribution in [0.5, 0.6) is 0 Å². The zero-order chi connectivity index (χ0) is 15.4. The lowest BCUT2D eigenvalue weighted by Gasteiger charge is -2.04. The molecule has 0 unspecified atom stereocenters. The van der Waals surface area contributed by atoms with Crippen molar-refractivity contribution in [2.45, 2.75) is 36.1 Å². The van der Waals surface area contributed by atoms with Gasteiger partial charge in [0.25, 0.3) is 0 Å². The Balaban J connectivity index is 1.91. The van der Waals surface area contributed by atoms with Crippen LogP contribution in [-0.4, -0.2) is 10.8 Å². The highest BCUT2D eigenvalue weighted by Crippen LogP contribution is 2.35. The Labute approximate surface area is 134 Å². The lowest BCUT2D eigenvalue weighted by molar-refractivity contribution is -0.117. The van der Waals surface area contributed by atoms with Crippen molar-refractivity contribution in [1.82, 2.24) is 4.98 Å². The number of carbonyl (C=O) groups excluding carboxylic acids is 1. The number of para-hydroxylation sites is 1. The van der Waals surface area contributed by atoms with Crippen LogP contribution in [0.1, 0.15) is 25.3 Å². The van der Waals surface area contributed by atoms with E-state index in [-0.39, 0.29) is 5.78 Å². The molecular weight excluding hydrogens is 290 g/mol. The van der Waals surface area contributed by atoms with Gasteiger partial charge in [-0.1, -0.05) is 48.2 Å². The van der Waals surface area contributed by atoms with E-state index in [1.165, 1.54) is 26.4 Å². The average molecular weight is 309 g/mol. The minimum Gasteiger partial charge on any atom is -0.349 e. The third kappa shape index (κ3) is 3.42. The molecule has 0 saturated carbocycles. The first-order valence-corrected chi connectivity index (χ1v) is 8.37. The summed E-state index contributed by atoms with van der Waals surface area (Å²) >= 11 is 1.76. The van der Waals surface area contributed by atoms with Crippen LogP contribution >= 0.6 is 11.8 Å². The van der Waals surface area contributed by atoms with Crippen molar-refractivity contribution in [2.24, 2.45) is 0 Å². The normalized spacial score (nSPS) is 11.0. The molecule has 0 spiro atoms. The van der Waals surface area contributed by atoms with Gasteiger partial charge < -0.3 is 9.78 Å². The molecule has 0 amide bonds. The summed E-state index contributed by atoms with van der Waals surface area (Å²) in [5.74, 6) is 0.261. The number of Topliss-reactive ketones (excluding diaryl/α,β-unsaturated/α-hetero) is 1. The Kier molecular flexibility index (Phi) is 4.64. The fourth-order valence-corrected chi connectivity index (χ4v) is 3.66. The van der Waals surface area contributed by atoms with E-state index in [0.29, 0.717) is 6.42 Å². The first-order valence-electron chi connectivity index (χ1n) is 7.56. The molecule has 112 valence electrons. The summed E-state index contributed by atoms with van der Waals surface area (Å²) in [5.41, 5.74) is 2.49. The van der Waals surface area contributed by atoms with Gasteiger partial charge in [-0.3, -0.25) is 0 Å². The smallest absolute Gasteiger partial charge is 0.129 e. The highest BCUT2D eigenvalue weighted by atomic mass is 32.2. The topological polar surface area (TPSA) is 32.9 Å². The maximum Gasteiger partial charge on any atom is 0.129 e. The van der Waals surface area contributed by atoms with E-state index in [0.717, 1.165) is 12.8 Å². The van der Waals surface area contributed by atoms with E-state index in [9.17, 15) is 4.79 Å². The summed E-state index contributed by atoms with van der Waals surface area (Å²) in [6, 6.07) is 18.8. The monoisotopic (exact) mass is 309 g/mol. The van der Waals surface area contributed by atoms with Gasteiger partial charge in [-0.05, 0) is 43.5 Å². The zero-order valence-corrected chi connectivity index (χ0v) is 13.5. The molecule has 3 aromatic rings. The quantitative estimate of drug-likeness (QED) is 0.676. The SMILES string of the molecule is CC(=O)CCCc1c(Sc2ccccc2)[nH]c2ccccc12. The molecule has 3 rings (SSSR count). The maximum atomic E-state index is 11.2. The number of hydrogen-bond donors (Lipinski definition) is 1. The number of ketones is 1. The Hall–Kier alpha value is -2.00. The van der Waals surface area contributed by atoms with Crippen molar-refractivity contribution in [3.05, 3.63) is 60.2 Å². The minimum atomic E-state index is 0.261. The van der Waals surface area contributed by atoms with Crippen LogP contribution < -0.4 is 0 Å². The summed E-state index contributed by atoms with van der Waals surface area (Å²) in [4.78, 5) is 16.0. The van der Waals surface area contributed by atoms with E-state index in [1.54, 1.807) is 18.7 Å². The first-order chi connectivity index (χ1) is 10.7. The van der Waals surface area contributed by atoms with E-state index in [4.69, 9.17) is 0 Å². The number of aromatic amines is 1. The van der Waals surface area contributed by atoms with Crippen LogP contribution in [0, 0.1) is 0 Å². The molecule has 2 aromatic carbocycles. The second-order valence-electron chi connectivity index (χ2n) is 5.45. The number of hydrogen-bond acceptors (Lipinski definition) is 2. The van der Waals surface area contributed by atoms with Crippen LogP contribution in [0.3, 0.4) is 0 Å². The molecule has 0 atom stereocenters. The van der Waals surface area contributed by atoms with E-state index in [1.807, 2.05) is 6.07 Å². The lowest BCUT2D eigenvalue weighted by Crippen LogP contribution is -1.93. The Morgan fingerprint density at radius 3 is 2.55 bits per heavy atom. The van der Waals surface area contributed by atoms with Gasteiger partial charge in [-0.2, -0.15) is 0 Å². The van der Waals surface area contributed by atoms with Crippen LogP contribution in [0.2, 0.25) is 0 Å². The Morgan fingerprint density at radius 1 is 1.05 bits per heavy atom. The molecule has 0 fully saturated rings. The van der Waals surface area contributed by atoms with E-state index >= 15 is 0 Å². The van der Waals surface area contributed by atoms with Gasteiger partial charge in [0.15, 0.2) is 0 Å². The summed E-state index contributed by atoms with van der Waals surface area (Å²) in [7, 11) is 0. The summed E-state index contributed by atoms with van der Waals surface area (Å²) in [6.07, 6.45) is 2.48. The predicted octanol–water partition coefficient (Wildman–Crippen LogP) is 5.23. The van der Waals surface area contributed by atoms with Gasteiger partial charge >= 0.3 is 0 Å². The Bertz CT molecular complexity index is 776. The number of H-pyrrole nitrogens is 1. The van der Waals surface area contributed by atoms with Gasteiger partial charge in [0.1, 0.15) is 5.78 Å². The van der Waals surface area contributed by atoms with Crippen LogP contribution in [0.25, 0.3) is 10.9 Å². The Morgan fingerprint density at radius 2 is 1.77 bits per heavy atom. The molecule has 0 aliphatic rings. The van der Waals surface area contributed by atoms with Crippen molar-refractivity contribution in [2.75, 3.05) is 0 Å². The molecule has 1 aromatic heterocycles. The van der Waals surface area contributed by atoms with E-state index < -0.39 is 0 Å². The molecule has 0 radical (unpaired) electrons. The first kappa shape index (κ1) is 14.9. The van der Waals surface area contributed by atoms with Crippen LogP contribution in [0.4, 0.5) is 0 Å². The highest BCUT2D eigenvalue weighted by molar-refractivity contribution is 7.99. The van der Waals surface area contributed by atoms with Crippen molar-refractivity contribution in [3.63, 3.8) is 0 Å². The van der Waals surface area contributed by atoms with Crippen molar-refractivity contribution in [3.8, 4) is 0 Å². The van der Waals surface area contributed by atoms with Gasteiger partial charge in [-0.25, -0.2) is 0 Å². The minimum absolute atomic E-state index is 0.261. The third-order valence-electron chi connectivity index (χ3n) is 3.69. The number of benzene rings is 2. The van der Waals surface area contributed by atoms with E-state index in [2.05, 4.69) is 53.5 Å². The molecule has 0 aliphatic carbocycles. The van der Waals surface area contributed by atoms with Crippen molar-refractivity contribution in [1.29, 1.82) is 0 Å². The van der Waals surface area contributed by atoms with Crippen LogP contribution in [0.15, 0.2) is 64.5 Å². The summed E-state index contributed by atoms with van der Waals surface area (Å²) in [5, 5.41) is 2.46. The van der Waals surface area contributed by atoms with Crippen molar-refractivity contribution < 1.29 is 4.79 Å². The number of carbonyl (C=O) groups is 1. The molecule has 2 nitrogen and oxygen atoms in total. The maximum absolute atomic E-state index is 11.2. The average Bonchev–Trinajstić information content (AvgIpc) is 2.86. The second-order valence-corrected chi connectivity index (χ2v) is 6.53. The second kappa shape index (κ2) is 6.84. The molecular formula is C19H19NOS. The molecule has 1 heterocycles. The third-order valence-corrected chi connectivity index (χ3v) is 4.75. The molecule has 0 saturated heterocycles. The van der Waals surface area contributed by atoms with Crippen molar-refractivity contribution >= 4 is 28.4 Å². The van der Waals surface area contributed by atoms with Gasteiger partial charge in [-0.15, -0.1) is 0 Å².